The number of hydroxylamine groups is 2. The Bertz CT molecular complexity index is 1370. The molecule has 0 aromatic rings. The van der Waals surface area contributed by atoms with Gasteiger partial charge in [-0.1, -0.05) is 33.6 Å². The minimum absolute atomic E-state index is 0.0319. The van der Waals surface area contributed by atoms with Crippen LogP contribution in [0.4, 0.5) is 0 Å². The number of methoxy groups -OCH3 is 1. The van der Waals surface area contributed by atoms with Crippen LogP contribution in [-0.4, -0.2) is 153 Å². The molecule has 2 heterocycles. The second-order valence-electron chi connectivity index (χ2n) is 20.3. The number of ether oxygens (including phenoxy) is 1. The van der Waals surface area contributed by atoms with Crippen LogP contribution in [0.2, 0.25) is 0 Å². The van der Waals surface area contributed by atoms with Gasteiger partial charge in [0, 0.05) is 50.0 Å². The molecule has 2 bridgehead atoms. The number of carbonyl (C=O) groups excluding carboxylic acids is 3. The van der Waals surface area contributed by atoms with Gasteiger partial charge >= 0.3 is 0 Å². The number of aliphatic hydroxyl groups is 2. The number of ketones is 1. The van der Waals surface area contributed by atoms with Gasteiger partial charge in [0.1, 0.15) is 18.2 Å². The fourth-order valence-electron chi connectivity index (χ4n) is 12.6. The van der Waals surface area contributed by atoms with Crippen LogP contribution < -0.4 is 16.0 Å². The van der Waals surface area contributed by atoms with E-state index in [9.17, 15) is 24.6 Å². The van der Waals surface area contributed by atoms with Crippen LogP contribution in [0, 0.1) is 52.8 Å². The summed E-state index contributed by atoms with van der Waals surface area (Å²) in [6, 6.07) is -1.23. The van der Waals surface area contributed by atoms with Crippen LogP contribution in [0.25, 0.3) is 0 Å². The van der Waals surface area contributed by atoms with Gasteiger partial charge in [0.25, 0.3) is 0 Å². The van der Waals surface area contributed by atoms with Crippen molar-refractivity contribution in [2.24, 2.45) is 52.8 Å². The Morgan fingerprint density at radius 2 is 1.75 bits per heavy atom. The van der Waals surface area contributed by atoms with E-state index in [-0.39, 0.29) is 72.1 Å². The Hall–Kier alpha value is -1.71. The predicted molar refractivity (Wildman–Crippen MR) is 220 cm³/mol. The lowest BCUT2D eigenvalue weighted by atomic mass is 9.45. The lowest BCUT2D eigenvalue weighted by Crippen LogP contribution is -2.62. The van der Waals surface area contributed by atoms with Gasteiger partial charge in [-0.3, -0.25) is 19.2 Å². The predicted octanol–water partition coefficient (Wildman–Crippen LogP) is 2.68. The average molecular weight is 803 g/mol. The molecule has 7 aliphatic rings. The highest BCUT2D eigenvalue weighted by Crippen LogP contribution is 2.61. The molecule has 5 N–H and O–H groups in total. The third-order valence-electron chi connectivity index (χ3n) is 16.0. The van der Waals surface area contributed by atoms with Crippen molar-refractivity contribution < 1.29 is 34.2 Å². The molecule has 7 fully saturated rings. The molecule has 5 aliphatic carbocycles. The van der Waals surface area contributed by atoms with E-state index in [2.05, 4.69) is 55.7 Å². The van der Waals surface area contributed by atoms with E-state index in [0.717, 1.165) is 70.8 Å². The summed E-state index contributed by atoms with van der Waals surface area (Å²) in [4.78, 5) is 52.9. The lowest BCUT2D eigenvalue weighted by molar-refractivity contribution is -0.193. The van der Waals surface area contributed by atoms with Crippen molar-refractivity contribution in [1.29, 1.82) is 0 Å². The summed E-state index contributed by atoms with van der Waals surface area (Å²) in [7, 11) is 9.86. The molecule has 2 aliphatic heterocycles. The number of carbonyl (C=O) groups is 3. The van der Waals surface area contributed by atoms with Gasteiger partial charge in [0.15, 0.2) is 5.78 Å². The van der Waals surface area contributed by atoms with Crippen LogP contribution in [0.1, 0.15) is 98.3 Å². The quantitative estimate of drug-likeness (QED) is 0.166. The van der Waals surface area contributed by atoms with Gasteiger partial charge in [-0.05, 0) is 134 Å². The largest absolute Gasteiger partial charge is 0.394 e. The molecule has 16 atom stereocenters. The van der Waals surface area contributed by atoms with Gasteiger partial charge < -0.3 is 40.7 Å². The third-order valence-corrected chi connectivity index (χ3v) is 16.0. The maximum absolute atomic E-state index is 14.4. The molecular formula is C44H78N6O7. The van der Waals surface area contributed by atoms with E-state index in [1.807, 2.05) is 19.0 Å². The number of fused-ring (bicyclic) bond motifs is 2. The number of Topliss-reactive ketones (excluding diaryl/α,β-unsaturated/α-hetero) is 1. The molecule has 326 valence electrons. The molecule has 0 spiro atoms. The Kier molecular flexibility index (Phi) is 14.9. The number of aliphatic hydroxyl groups excluding tert-OH is 2. The summed E-state index contributed by atoms with van der Waals surface area (Å²) in [6.07, 6.45) is 8.74. The fraction of sp³-hybridized carbons (Fsp3) is 0.932. The molecule has 7 rings (SSSR count). The van der Waals surface area contributed by atoms with E-state index in [0.29, 0.717) is 36.3 Å². The van der Waals surface area contributed by atoms with Crippen molar-refractivity contribution in [3.05, 3.63) is 0 Å². The molecule has 5 saturated carbocycles. The first-order valence-corrected chi connectivity index (χ1v) is 22.5. The van der Waals surface area contributed by atoms with E-state index >= 15 is 0 Å². The van der Waals surface area contributed by atoms with Crippen molar-refractivity contribution in [2.45, 2.75) is 147 Å². The number of hydrogen-bond donors (Lipinski definition) is 5. The summed E-state index contributed by atoms with van der Waals surface area (Å²) in [5.41, 5.74) is 0.300. The maximum atomic E-state index is 14.4. The zero-order valence-electron chi connectivity index (χ0n) is 36.6. The molecule has 10 unspecified atom stereocenters. The number of piperidine rings is 1. The first kappa shape index (κ1) is 44.8. The maximum Gasteiger partial charge on any atom is 0.240 e. The van der Waals surface area contributed by atoms with Crippen LogP contribution in [0.15, 0.2) is 0 Å². The molecule has 57 heavy (non-hydrogen) atoms. The van der Waals surface area contributed by atoms with Gasteiger partial charge in [-0.15, -0.1) is 0 Å². The molecule has 0 aromatic carbocycles. The number of nitrogens with zero attached hydrogens (tertiary/aromatic N) is 3. The van der Waals surface area contributed by atoms with Crippen molar-refractivity contribution in [3.63, 3.8) is 0 Å². The normalized spacial score (nSPS) is 40.6. The van der Waals surface area contributed by atoms with Crippen LogP contribution in [0.3, 0.4) is 0 Å². The smallest absolute Gasteiger partial charge is 0.240 e. The van der Waals surface area contributed by atoms with Crippen molar-refractivity contribution in [1.82, 2.24) is 30.8 Å². The standard InChI is InChI=1S/C44H78N6O7/c1-25-33-20-30(44(33,3)4)21-35(25)46-43(55)39-38(26(2)52)37(24-51)57-50(39)22-27-13-12-14-32(41(27)56-9)28-17-29(19-31(18-28)49(7)8)42(54)47-36(23-48(5)6)40(53)34-15-10-11-16-45-34/h25-39,41,45,51-52H,10-24H2,1-9H3,(H,46,55)(H,47,54)/t25-,26?,27?,28?,29?,30?,31?,32?,33-,34?,35-,36-,37-,38?,39-,41?/m0/s1. The average Bonchev–Trinajstić information content (AvgIpc) is 3.56. The highest BCUT2D eigenvalue weighted by atomic mass is 16.7. The van der Waals surface area contributed by atoms with Crippen LogP contribution in [0.5, 0.6) is 0 Å². The van der Waals surface area contributed by atoms with E-state index in [4.69, 9.17) is 9.57 Å². The fourth-order valence-corrected chi connectivity index (χ4v) is 12.6. The molecule has 2 amide bonds. The third kappa shape index (κ3) is 9.61. The highest BCUT2D eigenvalue weighted by Gasteiger charge is 2.58. The number of hydrogen-bond acceptors (Lipinski definition) is 11. The van der Waals surface area contributed by atoms with Gasteiger partial charge in [0.05, 0.1) is 24.9 Å². The lowest BCUT2D eigenvalue weighted by Gasteiger charge is -2.62. The first-order chi connectivity index (χ1) is 27.0. The number of rotatable bonds is 15. The topological polar surface area (TPSA) is 156 Å². The first-order valence-electron chi connectivity index (χ1n) is 22.5. The molecule has 13 nitrogen and oxygen atoms in total. The summed E-state index contributed by atoms with van der Waals surface area (Å²) < 4.78 is 6.42. The summed E-state index contributed by atoms with van der Waals surface area (Å²) >= 11 is 0. The van der Waals surface area contributed by atoms with Crippen molar-refractivity contribution in [2.75, 3.05) is 61.5 Å². The van der Waals surface area contributed by atoms with Crippen molar-refractivity contribution in [3.8, 4) is 0 Å². The van der Waals surface area contributed by atoms with E-state index < -0.39 is 30.2 Å². The molecule has 0 aromatic heterocycles. The zero-order chi connectivity index (χ0) is 41.3. The van der Waals surface area contributed by atoms with Gasteiger partial charge in [-0.2, -0.15) is 5.06 Å². The monoisotopic (exact) mass is 803 g/mol. The zero-order valence-corrected chi connectivity index (χ0v) is 36.6. The minimum Gasteiger partial charge on any atom is -0.394 e. The van der Waals surface area contributed by atoms with E-state index in [1.165, 1.54) is 6.42 Å². The minimum atomic E-state index is -0.851. The van der Waals surface area contributed by atoms with Crippen LogP contribution >= 0.6 is 0 Å². The Labute approximate surface area is 343 Å². The summed E-state index contributed by atoms with van der Waals surface area (Å²) in [5, 5.41) is 33.3. The number of nitrogens with one attached hydrogen (secondary N) is 3. The second-order valence-corrected chi connectivity index (χ2v) is 20.3. The summed E-state index contributed by atoms with van der Waals surface area (Å²) in [5.74, 6) is 1.14. The Balaban J connectivity index is 1.16. The number of amides is 2. The highest BCUT2D eigenvalue weighted by molar-refractivity contribution is 5.93. The van der Waals surface area contributed by atoms with Gasteiger partial charge in [0.2, 0.25) is 11.8 Å². The number of likely N-dealkylation sites (N-methyl/N-ethyl adjacent to an activating group) is 1. The summed E-state index contributed by atoms with van der Waals surface area (Å²) in [6.45, 7) is 10.1. The Morgan fingerprint density at radius 3 is 2.35 bits per heavy atom. The molecule has 0 radical (unpaired) electrons. The van der Waals surface area contributed by atoms with E-state index in [1.54, 1.807) is 19.1 Å². The van der Waals surface area contributed by atoms with Crippen molar-refractivity contribution >= 4 is 17.6 Å². The molecular weight excluding hydrogens is 725 g/mol. The Morgan fingerprint density at radius 1 is 1.00 bits per heavy atom. The SMILES string of the molecule is COC1C(CN2O[C@@H](CO)C(C(C)O)[C@H]2C(=O)N[C@H]2CC3C[C@@H]([C@@H]2C)C3(C)C)CCCC1C1CC(C(=O)N[C@@H](CN(C)C)C(=O)C2CCCCN2)CC(N(C)C)C1. The van der Waals surface area contributed by atoms with Gasteiger partial charge in [-0.25, -0.2) is 0 Å². The second kappa shape index (κ2) is 18.9. The molecule has 2 saturated heterocycles. The van der Waals surface area contributed by atoms with Crippen LogP contribution in [-0.2, 0) is 24.0 Å². The molecule has 13 heteroatoms.